The topological polar surface area (TPSA) is 82.1 Å². The Morgan fingerprint density at radius 1 is 1.16 bits per heavy atom. The first-order valence-corrected chi connectivity index (χ1v) is 16.7. The Kier molecular flexibility index (Phi) is 11.6. The largest absolute Gasteiger partial charge is 0.489 e. The number of carbonyl (C=O) groups is 1. The van der Waals surface area contributed by atoms with Gasteiger partial charge in [0.1, 0.15) is 6.10 Å². The number of halogens is 4. The molecule has 13 heteroatoms. The summed E-state index contributed by atoms with van der Waals surface area (Å²) in [5.74, 6) is -0.198. The number of esters is 1. The molecular weight excluding hydrogens is 643 g/mol. The van der Waals surface area contributed by atoms with E-state index < -0.39 is 34.1 Å². The molecule has 1 saturated heterocycles. The van der Waals surface area contributed by atoms with Crippen LogP contribution in [0, 0.1) is 5.92 Å². The summed E-state index contributed by atoms with van der Waals surface area (Å²) >= 11 is 14.0. The Hall–Kier alpha value is -2.57. The van der Waals surface area contributed by atoms with Crippen molar-refractivity contribution in [3.05, 3.63) is 88.5 Å². The van der Waals surface area contributed by atoms with E-state index in [2.05, 4.69) is 11.3 Å². The Morgan fingerprint density at radius 2 is 1.88 bits per heavy atom. The van der Waals surface area contributed by atoms with Gasteiger partial charge in [0, 0.05) is 28.8 Å². The number of benzene rings is 2. The molecule has 43 heavy (non-hydrogen) atoms. The van der Waals surface area contributed by atoms with E-state index in [1.54, 1.807) is 31.2 Å². The van der Waals surface area contributed by atoms with Crippen LogP contribution in [0.3, 0.4) is 0 Å². The first-order chi connectivity index (χ1) is 20.5. The maximum Gasteiger partial charge on any atom is 0.387 e. The van der Waals surface area contributed by atoms with Gasteiger partial charge in [0.15, 0.2) is 16.9 Å². The quantitative estimate of drug-likeness (QED) is 0.151. The van der Waals surface area contributed by atoms with Crippen LogP contribution in [0.25, 0.3) is 0 Å². The fourth-order valence-corrected chi connectivity index (χ4v) is 7.83. The lowest BCUT2D eigenvalue weighted by atomic mass is 9.99. The van der Waals surface area contributed by atoms with E-state index in [-0.39, 0.29) is 39.4 Å². The molecule has 2 aromatic rings. The van der Waals surface area contributed by atoms with Gasteiger partial charge in [-0.2, -0.15) is 13.1 Å². The monoisotopic (exact) mass is 673 g/mol. The molecule has 7 nitrogen and oxygen atoms in total. The number of hydrogen-bond acceptors (Lipinski definition) is 7. The lowest BCUT2D eigenvalue weighted by Crippen LogP contribution is -2.40. The SMILES string of the molecule is C=C/C(Cl)=C(C[C@H](OC(=O)[C@@H]1SCCN1S(=O)(=O)c1ccccc1)c1ccc(OC(F)F)c(OCC2CC2)c1)\C(Cl)=C/C. The van der Waals surface area contributed by atoms with Crippen LogP contribution in [0.5, 0.6) is 11.5 Å². The summed E-state index contributed by atoms with van der Waals surface area (Å²) in [6.07, 6.45) is 3.87. The van der Waals surface area contributed by atoms with E-state index in [1.807, 2.05) is 0 Å². The van der Waals surface area contributed by atoms with Crippen molar-refractivity contribution >= 4 is 51.0 Å². The third kappa shape index (κ3) is 8.54. The summed E-state index contributed by atoms with van der Waals surface area (Å²) in [5.41, 5.74) is 0.799. The Bertz CT molecular complexity index is 1480. The van der Waals surface area contributed by atoms with Gasteiger partial charge in [-0.1, -0.05) is 66.2 Å². The van der Waals surface area contributed by atoms with Gasteiger partial charge in [0.25, 0.3) is 0 Å². The van der Waals surface area contributed by atoms with Crippen molar-refractivity contribution in [2.24, 2.45) is 5.92 Å². The minimum Gasteiger partial charge on any atom is -0.489 e. The molecule has 2 aliphatic rings. The average Bonchev–Trinajstić information content (AvgIpc) is 3.69. The molecule has 0 N–H and O–H groups in total. The predicted molar refractivity (Wildman–Crippen MR) is 164 cm³/mol. The van der Waals surface area contributed by atoms with Crippen molar-refractivity contribution < 1.29 is 36.2 Å². The normalized spacial score (nSPS) is 19.1. The van der Waals surface area contributed by atoms with E-state index in [0.29, 0.717) is 29.4 Å². The molecule has 0 bridgehead atoms. The number of sulfonamides is 1. The van der Waals surface area contributed by atoms with Gasteiger partial charge >= 0.3 is 12.6 Å². The zero-order valence-corrected chi connectivity index (χ0v) is 26.4. The van der Waals surface area contributed by atoms with Crippen LogP contribution in [0.2, 0.25) is 0 Å². The molecule has 1 aliphatic carbocycles. The van der Waals surface area contributed by atoms with Crippen molar-refractivity contribution in [1.29, 1.82) is 0 Å². The molecule has 4 rings (SSSR count). The average molecular weight is 675 g/mol. The Morgan fingerprint density at radius 3 is 2.51 bits per heavy atom. The van der Waals surface area contributed by atoms with Crippen LogP contribution >= 0.6 is 35.0 Å². The molecule has 0 aromatic heterocycles. The summed E-state index contributed by atoms with van der Waals surface area (Å²) in [6.45, 7) is 2.76. The summed E-state index contributed by atoms with van der Waals surface area (Å²) in [7, 11) is -3.99. The third-order valence-electron chi connectivity index (χ3n) is 6.78. The standard InChI is InChI=1S/C30H31Cl2F2NO6S2/c1-3-23(31)22(24(32)4-2)17-26(20-12-13-25(41-30(33)34)27(16-20)39-18-19-10-11-19)40-29(36)28-35(14-15-42-28)43(37,38)21-8-6-5-7-9-21/h3-9,12-13,16,19,26,28,30H,1,10-11,14-15,17-18H2,2H3/b23-22+,24-4+/t26-,28-/m0/s1. The summed E-state index contributed by atoms with van der Waals surface area (Å²) in [4.78, 5) is 13.7. The highest BCUT2D eigenvalue weighted by atomic mass is 35.5. The van der Waals surface area contributed by atoms with Crippen LogP contribution in [0.15, 0.2) is 87.8 Å². The van der Waals surface area contributed by atoms with E-state index in [9.17, 15) is 22.0 Å². The zero-order chi connectivity index (χ0) is 31.1. The zero-order valence-electron chi connectivity index (χ0n) is 23.3. The van der Waals surface area contributed by atoms with E-state index >= 15 is 0 Å². The molecule has 1 aliphatic heterocycles. The molecule has 2 fully saturated rings. The number of allylic oxidation sites excluding steroid dienone is 4. The van der Waals surface area contributed by atoms with Crippen molar-refractivity contribution in [3.8, 4) is 11.5 Å². The van der Waals surface area contributed by atoms with Gasteiger partial charge in [0.2, 0.25) is 10.0 Å². The van der Waals surface area contributed by atoms with Crippen molar-refractivity contribution in [3.63, 3.8) is 0 Å². The Balaban J connectivity index is 1.69. The van der Waals surface area contributed by atoms with Gasteiger partial charge in [-0.3, -0.25) is 0 Å². The van der Waals surface area contributed by atoms with E-state index in [4.69, 9.17) is 32.7 Å². The number of carbonyl (C=O) groups excluding carboxylic acids is 1. The number of rotatable bonds is 14. The first-order valence-electron chi connectivity index (χ1n) is 13.5. The predicted octanol–water partition coefficient (Wildman–Crippen LogP) is 7.64. The molecular formula is C30H31Cl2F2NO6S2. The van der Waals surface area contributed by atoms with Crippen LogP contribution in [0.4, 0.5) is 8.78 Å². The second-order valence-electron chi connectivity index (χ2n) is 9.79. The molecule has 232 valence electrons. The smallest absolute Gasteiger partial charge is 0.387 e. The lowest BCUT2D eigenvalue weighted by molar-refractivity contribution is -0.150. The van der Waals surface area contributed by atoms with Crippen LogP contribution in [-0.2, 0) is 19.6 Å². The van der Waals surface area contributed by atoms with Crippen LogP contribution < -0.4 is 9.47 Å². The highest BCUT2D eigenvalue weighted by Gasteiger charge is 2.42. The summed E-state index contributed by atoms with van der Waals surface area (Å²) in [6, 6.07) is 12.1. The molecule has 0 spiro atoms. The second-order valence-corrected chi connectivity index (χ2v) is 13.7. The minimum absolute atomic E-state index is 0.0281. The fourth-order valence-electron chi connectivity index (χ4n) is 4.36. The molecule has 2 aromatic carbocycles. The van der Waals surface area contributed by atoms with Gasteiger partial charge in [-0.25, -0.2) is 13.2 Å². The number of alkyl halides is 2. The third-order valence-corrected chi connectivity index (χ3v) is 10.8. The van der Waals surface area contributed by atoms with Crippen LogP contribution in [-0.4, -0.2) is 49.6 Å². The molecule has 2 atom stereocenters. The van der Waals surface area contributed by atoms with Gasteiger partial charge < -0.3 is 14.2 Å². The first kappa shape index (κ1) is 33.3. The second kappa shape index (κ2) is 14.9. The summed E-state index contributed by atoms with van der Waals surface area (Å²) < 4.78 is 70.7. The molecule has 1 saturated carbocycles. The summed E-state index contributed by atoms with van der Waals surface area (Å²) in [5, 5.41) is -0.646. The van der Waals surface area contributed by atoms with E-state index in [1.165, 1.54) is 36.4 Å². The maximum absolute atomic E-state index is 13.7. The van der Waals surface area contributed by atoms with Gasteiger partial charge in [0.05, 0.1) is 11.5 Å². The molecule has 0 unspecified atom stereocenters. The highest BCUT2D eigenvalue weighted by Crippen LogP contribution is 2.40. The number of hydrogen-bond donors (Lipinski definition) is 0. The molecule has 1 heterocycles. The van der Waals surface area contributed by atoms with Gasteiger partial charge in [-0.05, 0) is 61.1 Å². The highest BCUT2D eigenvalue weighted by molar-refractivity contribution is 8.02. The number of nitrogens with zero attached hydrogens (tertiary/aromatic N) is 1. The lowest BCUT2D eigenvalue weighted by Gasteiger charge is -2.26. The van der Waals surface area contributed by atoms with Crippen molar-refractivity contribution in [2.75, 3.05) is 18.9 Å². The van der Waals surface area contributed by atoms with Crippen LogP contribution in [0.1, 0.15) is 37.9 Å². The number of thioether (sulfide) groups is 1. The fraction of sp³-hybridized carbons (Fsp3) is 0.367. The van der Waals surface area contributed by atoms with Crippen molar-refractivity contribution in [1.82, 2.24) is 4.31 Å². The van der Waals surface area contributed by atoms with Gasteiger partial charge in [-0.15, -0.1) is 11.8 Å². The number of ether oxygens (including phenoxy) is 3. The van der Waals surface area contributed by atoms with Crippen molar-refractivity contribution in [2.45, 2.75) is 49.2 Å². The molecule has 0 amide bonds. The Labute approximate surface area is 264 Å². The maximum atomic E-state index is 13.7. The minimum atomic E-state index is -3.99. The van der Waals surface area contributed by atoms with E-state index in [0.717, 1.165) is 28.9 Å². The molecule has 0 radical (unpaired) electrons.